The van der Waals surface area contributed by atoms with Gasteiger partial charge in [-0.1, -0.05) is 0 Å². The molecule has 0 rings (SSSR count). The molecule has 0 unspecified atom stereocenters. The minimum Gasteiger partial charge on any atom is -0.444 e. The van der Waals surface area contributed by atoms with Crippen molar-refractivity contribution in [3.8, 4) is 0 Å². The zero-order chi connectivity index (χ0) is 13.5. The number of ketones is 1. The first-order valence-electron chi connectivity index (χ1n) is 5.27. The fourth-order valence-corrected chi connectivity index (χ4v) is 1.05. The highest BCUT2D eigenvalue weighted by Gasteiger charge is 2.22. The molecule has 0 spiro atoms. The number of isocyanates is 1. The van der Waals surface area contributed by atoms with Gasteiger partial charge in [-0.05, 0) is 27.7 Å². The summed E-state index contributed by atoms with van der Waals surface area (Å²) in [7, 11) is 0. The molecule has 0 heterocycles. The first-order valence-corrected chi connectivity index (χ1v) is 5.27. The molecule has 0 aromatic carbocycles. The number of hydrogen-bond donors (Lipinski definition) is 0. The SMILES string of the molecule is CC(=O)CN(CCN=C=O)C(=O)OC(C)(C)C. The molecule has 0 N–H and O–H groups in total. The maximum absolute atomic E-state index is 11.7. The van der Waals surface area contributed by atoms with Crippen molar-refractivity contribution in [2.45, 2.75) is 33.3 Å². The molecule has 96 valence electrons. The predicted octanol–water partition coefficient (Wildman–Crippen LogP) is 1.15. The fourth-order valence-electron chi connectivity index (χ4n) is 1.05. The topological polar surface area (TPSA) is 76.0 Å². The second-order valence-electron chi connectivity index (χ2n) is 4.58. The Kier molecular flexibility index (Phi) is 6.13. The van der Waals surface area contributed by atoms with E-state index in [1.165, 1.54) is 17.9 Å². The van der Waals surface area contributed by atoms with E-state index in [0.717, 1.165) is 0 Å². The Balaban J connectivity index is 4.49. The van der Waals surface area contributed by atoms with Crippen molar-refractivity contribution in [1.82, 2.24) is 4.90 Å². The quantitative estimate of drug-likeness (QED) is 0.535. The summed E-state index contributed by atoms with van der Waals surface area (Å²) in [5, 5.41) is 0. The number of ether oxygens (including phenoxy) is 1. The molecule has 6 nitrogen and oxygen atoms in total. The molecule has 6 heteroatoms. The van der Waals surface area contributed by atoms with Crippen molar-refractivity contribution in [2.24, 2.45) is 4.99 Å². The lowest BCUT2D eigenvalue weighted by Crippen LogP contribution is -2.40. The van der Waals surface area contributed by atoms with Crippen molar-refractivity contribution in [3.05, 3.63) is 0 Å². The highest BCUT2D eigenvalue weighted by atomic mass is 16.6. The molecule has 0 aromatic rings. The number of carbonyl (C=O) groups is 2. The zero-order valence-electron chi connectivity index (χ0n) is 10.6. The fraction of sp³-hybridized carbons (Fsp3) is 0.727. The van der Waals surface area contributed by atoms with E-state index in [1.54, 1.807) is 20.8 Å². The average molecular weight is 242 g/mol. The second-order valence-corrected chi connectivity index (χ2v) is 4.58. The summed E-state index contributed by atoms with van der Waals surface area (Å²) < 4.78 is 5.13. The van der Waals surface area contributed by atoms with Crippen LogP contribution in [0.3, 0.4) is 0 Å². The van der Waals surface area contributed by atoms with Crippen LogP contribution in [0.2, 0.25) is 0 Å². The number of rotatable bonds is 5. The van der Waals surface area contributed by atoms with Gasteiger partial charge in [-0.15, -0.1) is 0 Å². The van der Waals surface area contributed by atoms with Gasteiger partial charge in [0.25, 0.3) is 0 Å². The number of carbonyl (C=O) groups excluding carboxylic acids is 3. The third-order valence-corrected chi connectivity index (χ3v) is 1.61. The Morgan fingerprint density at radius 2 is 1.94 bits per heavy atom. The smallest absolute Gasteiger partial charge is 0.410 e. The second kappa shape index (κ2) is 6.81. The van der Waals surface area contributed by atoms with Crippen molar-refractivity contribution >= 4 is 18.0 Å². The molecule has 0 saturated carbocycles. The Morgan fingerprint density at radius 3 is 2.35 bits per heavy atom. The molecule has 0 aliphatic carbocycles. The van der Waals surface area contributed by atoms with Gasteiger partial charge in [0.1, 0.15) is 11.4 Å². The van der Waals surface area contributed by atoms with E-state index in [-0.39, 0.29) is 25.4 Å². The van der Waals surface area contributed by atoms with E-state index < -0.39 is 11.7 Å². The first-order chi connectivity index (χ1) is 7.76. The first kappa shape index (κ1) is 15.3. The molecule has 0 bridgehead atoms. The van der Waals surface area contributed by atoms with E-state index in [4.69, 9.17) is 4.74 Å². The van der Waals surface area contributed by atoms with E-state index in [9.17, 15) is 14.4 Å². The van der Waals surface area contributed by atoms with Gasteiger partial charge in [0, 0.05) is 6.54 Å². The molecule has 0 saturated heterocycles. The summed E-state index contributed by atoms with van der Waals surface area (Å²) in [5.41, 5.74) is -0.625. The molecule has 0 aromatic heterocycles. The van der Waals surface area contributed by atoms with Gasteiger partial charge in [-0.3, -0.25) is 9.69 Å². The van der Waals surface area contributed by atoms with Gasteiger partial charge in [0.15, 0.2) is 0 Å². The lowest BCUT2D eigenvalue weighted by atomic mass is 10.2. The largest absolute Gasteiger partial charge is 0.444 e. The van der Waals surface area contributed by atoms with Crippen LogP contribution in [0.25, 0.3) is 0 Å². The molecule has 0 atom stereocenters. The zero-order valence-corrected chi connectivity index (χ0v) is 10.6. The lowest BCUT2D eigenvalue weighted by molar-refractivity contribution is -0.118. The van der Waals surface area contributed by atoms with Crippen molar-refractivity contribution in [3.63, 3.8) is 0 Å². The van der Waals surface area contributed by atoms with Crippen LogP contribution in [-0.4, -0.2) is 48.1 Å². The molecule has 1 amide bonds. The summed E-state index contributed by atoms with van der Waals surface area (Å²) in [6.07, 6.45) is 0.786. The maximum atomic E-state index is 11.7. The van der Waals surface area contributed by atoms with E-state index in [0.29, 0.717) is 0 Å². The molecule has 17 heavy (non-hydrogen) atoms. The van der Waals surface area contributed by atoms with Crippen LogP contribution in [0.5, 0.6) is 0 Å². The van der Waals surface area contributed by atoms with Crippen LogP contribution in [0.4, 0.5) is 4.79 Å². The average Bonchev–Trinajstić information content (AvgIpc) is 2.13. The molecule has 0 aliphatic heterocycles. The third-order valence-electron chi connectivity index (χ3n) is 1.61. The van der Waals surface area contributed by atoms with Crippen LogP contribution in [0.1, 0.15) is 27.7 Å². The number of nitrogens with zero attached hydrogens (tertiary/aromatic N) is 2. The van der Waals surface area contributed by atoms with E-state index in [1.807, 2.05) is 0 Å². The highest BCUT2D eigenvalue weighted by Crippen LogP contribution is 2.09. The number of amides is 1. The monoisotopic (exact) mass is 242 g/mol. The predicted molar refractivity (Wildman–Crippen MR) is 61.5 cm³/mol. The molecular weight excluding hydrogens is 224 g/mol. The van der Waals surface area contributed by atoms with E-state index >= 15 is 0 Å². The normalized spacial score (nSPS) is 10.4. The molecular formula is C11H18N2O4. The van der Waals surface area contributed by atoms with Crippen LogP contribution in [0, 0.1) is 0 Å². The Morgan fingerprint density at radius 1 is 1.35 bits per heavy atom. The minimum atomic E-state index is -0.625. The van der Waals surface area contributed by atoms with Gasteiger partial charge < -0.3 is 4.74 Å². The van der Waals surface area contributed by atoms with Crippen molar-refractivity contribution < 1.29 is 19.1 Å². The van der Waals surface area contributed by atoms with Gasteiger partial charge >= 0.3 is 6.09 Å². The van der Waals surface area contributed by atoms with Crippen molar-refractivity contribution in [1.29, 1.82) is 0 Å². The maximum Gasteiger partial charge on any atom is 0.410 e. The summed E-state index contributed by atoms with van der Waals surface area (Å²) in [6.45, 7) is 6.80. The van der Waals surface area contributed by atoms with Crippen LogP contribution in [0.15, 0.2) is 4.99 Å². The molecule has 0 fully saturated rings. The summed E-state index contributed by atoms with van der Waals surface area (Å²) in [6, 6.07) is 0. The lowest BCUT2D eigenvalue weighted by Gasteiger charge is -2.26. The van der Waals surface area contributed by atoms with Crippen LogP contribution in [-0.2, 0) is 14.3 Å². The summed E-state index contributed by atoms with van der Waals surface area (Å²) >= 11 is 0. The summed E-state index contributed by atoms with van der Waals surface area (Å²) in [4.78, 5) is 37.2. The Hall–Kier alpha value is -1.68. The minimum absolute atomic E-state index is 0.0523. The van der Waals surface area contributed by atoms with Crippen molar-refractivity contribution in [2.75, 3.05) is 19.6 Å². The summed E-state index contributed by atoms with van der Waals surface area (Å²) in [5.74, 6) is -0.161. The Bertz CT molecular complexity index is 327. The van der Waals surface area contributed by atoms with Crippen LogP contribution < -0.4 is 0 Å². The van der Waals surface area contributed by atoms with Gasteiger partial charge in [-0.2, -0.15) is 0 Å². The number of hydrogen-bond acceptors (Lipinski definition) is 5. The van der Waals surface area contributed by atoms with E-state index in [2.05, 4.69) is 4.99 Å². The standard InChI is InChI=1S/C11H18N2O4/c1-9(15)7-13(6-5-12-8-14)10(16)17-11(2,3)4/h5-7H2,1-4H3. The van der Waals surface area contributed by atoms with Gasteiger partial charge in [0.05, 0.1) is 13.1 Å². The molecule has 0 aliphatic rings. The Labute approximate surface area is 101 Å². The van der Waals surface area contributed by atoms with Gasteiger partial charge in [0.2, 0.25) is 6.08 Å². The highest BCUT2D eigenvalue weighted by molar-refractivity contribution is 5.82. The molecule has 0 radical (unpaired) electrons. The third kappa shape index (κ3) is 8.16. The van der Waals surface area contributed by atoms with Crippen LogP contribution >= 0.6 is 0 Å². The number of Topliss-reactive ketones (excluding diaryl/α,β-unsaturated/α-hetero) is 1. The van der Waals surface area contributed by atoms with Gasteiger partial charge in [-0.25, -0.2) is 14.6 Å². The number of aliphatic imine (C=N–C) groups is 1.